The van der Waals surface area contributed by atoms with Gasteiger partial charge in [0.05, 0.1) is 18.2 Å². The van der Waals surface area contributed by atoms with E-state index in [1.807, 2.05) is 48.5 Å². The average Bonchev–Trinajstić information content (AvgIpc) is 3.01. The molecule has 0 radical (unpaired) electrons. The van der Waals surface area contributed by atoms with Crippen molar-refractivity contribution in [2.75, 3.05) is 0 Å². The minimum absolute atomic E-state index is 0.502. The Kier molecular flexibility index (Phi) is 3.70. The van der Waals surface area contributed by atoms with Crippen LogP contribution in [-0.2, 0) is 6.61 Å². The van der Waals surface area contributed by atoms with Gasteiger partial charge in [-0.1, -0.05) is 35.9 Å². The number of ether oxygens (including phenoxy) is 1. The molecule has 3 nitrogen and oxygen atoms in total. The van der Waals surface area contributed by atoms with Crippen LogP contribution in [0.2, 0.25) is 5.02 Å². The Morgan fingerprint density at radius 2 is 1.85 bits per heavy atom. The summed E-state index contributed by atoms with van der Waals surface area (Å²) < 4.78 is 5.90. The molecule has 1 heterocycles. The molecule has 3 aromatic rings. The first-order chi connectivity index (χ1) is 9.83. The molecule has 0 bridgehead atoms. The van der Waals surface area contributed by atoms with Gasteiger partial charge < -0.3 is 9.72 Å². The topological polar surface area (TPSA) is 37.9 Å². The van der Waals surface area contributed by atoms with Gasteiger partial charge in [0.2, 0.25) is 0 Å². The first-order valence-electron chi connectivity index (χ1n) is 6.28. The average molecular weight is 285 g/mol. The third-order valence-corrected chi connectivity index (χ3v) is 3.24. The van der Waals surface area contributed by atoms with E-state index in [0.29, 0.717) is 6.61 Å². The monoisotopic (exact) mass is 284 g/mol. The SMILES string of the molecule is Clc1ccc(COc2ccccc2-c2cnc[nH]2)cc1. The number of aromatic amines is 1. The highest BCUT2D eigenvalue weighted by Crippen LogP contribution is 2.28. The van der Waals surface area contributed by atoms with Crippen molar-refractivity contribution in [3.8, 4) is 17.0 Å². The maximum atomic E-state index is 5.90. The summed E-state index contributed by atoms with van der Waals surface area (Å²) in [6.07, 6.45) is 3.44. The Morgan fingerprint density at radius 1 is 1.05 bits per heavy atom. The Hall–Kier alpha value is -2.26. The molecule has 20 heavy (non-hydrogen) atoms. The summed E-state index contributed by atoms with van der Waals surface area (Å²) in [5.74, 6) is 0.826. The molecule has 4 heteroatoms. The molecule has 0 amide bonds. The van der Waals surface area contributed by atoms with Crippen LogP contribution in [0.25, 0.3) is 11.3 Å². The van der Waals surface area contributed by atoms with Gasteiger partial charge in [-0.25, -0.2) is 4.98 Å². The second kappa shape index (κ2) is 5.80. The molecule has 0 aliphatic heterocycles. The zero-order chi connectivity index (χ0) is 13.8. The standard InChI is InChI=1S/C16H13ClN2O/c17-13-7-5-12(6-8-13)10-20-16-4-2-1-3-14(16)15-9-18-11-19-15/h1-9,11H,10H2,(H,18,19). The number of aromatic nitrogens is 2. The molecule has 0 saturated carbocycles. The molecule has 0 fully saturated rings. The van der Waals surface area contributed by atoms with E-state index in [1.54, 1.807) is 12.5 Å². The van der Waals surface area contributed by atoms with E-state index in [-0.39, 0.29) is 0 Å². The number of imidazole rings is 1. The zero-order valence-electron chi connectivity index (χ0n) is 10.7. The van der Waals surface area contributed by atoms with Crippen LogP contribution < -0.4 is 4.74 Å². The fourth-order valence-corrected chi connectivity index (χ4v) is 2.09. The second-order valence-corrected chi connectivity index (χ2v) is 4.81. The number of rotatable bonds is 4. The predicted molar refractivity (Wildman–Crippen MR) is 79.8 cm³/mol. The van der Waals surface area contributed by atoms with Crippen LogP contribution in [0.15, 0.2) is 61.1 Å². The Balaban J connectivity index is 1.79. The van der Waals surface area contributed by atoms with Crippen LogP contribution >= 0.6 is 11.6 Å². The van der Waals surface area contributed by atoms with Crippen molar-refractivity contribution < 1.29 is 4.74 Å². The summed E-state index contributed by atoms with van der Waals surface area (Å²) in [5.41, 5.74) is 3.02. The van der Waals surface area contributed by atoms with Crippen molar-refractivity contribution in [1.82, 2.24) is 9.97 Å². The highest BCUT2D eigenvalue weighted by Gasteiger charge is 2.06. The quantitative estimate of drug-likeness (QED) is 0.775. The predicted octanol–water partition coefficient (Wildman–Crippen LogP) is 4.31. The van der Waals surface area contributed by atoms with Crippen molar-refractivity contribution in [2.45, 2.75) is 6.61 Å². The molecular formula is C16H13ClN2O. The third-order valence-electron chi connectivity index (χ3n) is 2.98. The van der Waals surface area contributed by atoms with Crippen molar-refractivity contribution in [2.24, 2.45) is 0 Å². The van der Waals surface area contributed by atoms with E-state index in [4.69, 9.17) is 16.3 Å². The maximum absolute atomic E-state index is 5.90. The highest BCUT2D eigenvalue weighted by molar-refractivity contribution is 6.30. The van der Waals surface area contributed by atoms with Gasteiger partial charge in [0, 0.05) is 10.6 Å². The molecule has 0 aliphatic carbocycles. The lowest BCUT2D eigenvalue weighted by Crippen LogP contribution is -1.96. The Labute approximate surface area is 122 Å². The molecule has 100 valence electrons. The minimum Gasteiger partial charge on any atom is -0.488 e. The van der Waals surface area contributed by atoms with Gasteiger partial charge in [0.1, 0.15) is 12.4 Å². The number of benzene rings is 2. The number of nitrogens with zero attached hydrogens (tertiary/aromatic N) is 1. The number of hydrogen-bond acceptors (Lipinski definition) is 2. The molecular weight excluding hydrogens is 272 g/mol. The van der Waals surface area contributed by atoms with E-state index in [9.17, 15) is 0 Å². The van der Waals surface area contributed by atoms with E-state index in [0.717, 1.165) is 27.6 Å². The van der Waals surface area contributed by atoms with Crippen LogP contribution in [0.5, 0.6) is 5.75 Å². The first kappa shape index (κ1) is 12.8. The van der Waals surface area contributed by atoms with Gasteiger partial charge >= 0.3 is 0 Å². The van der Waals surface area contributed by atoms with E-state index < -0.39 is 0 Å². The molecule has 3 rings (SSSR count). The zero-order valence-corrected chi connectivity index (χ0v) is 11.5. The van der Waals surface area contributed by atoms with Crippen molar-refractivity contribution in [1.29, 1.82) is 0 Å². The lowest BCUT2D eigenvalue weighted by molar-refractivity contribution is 0.307. The second-order valence-electron chi connectivity index (χ2n) is 4.38. The Bertz CT molecular complexity index is 678. The summed E-state index contributed by atoms with van der Waals surface area (Å²) in [6.45, 7) is 0.502. The van der Waals surface area contributed by atoms with E-state index in [1.165, 1.54) is 0 Å². The van der Waals surface area contributed by atoms with Crippen LogP contribution in [0.4, 0.5) is 0 Å². The van der Waals surface area contributed by atoms with E-state index in [2.05, 4.69) is 9.97 Å². The fraction of sp³-hybridized carbons (Fsp3) is 0.0625. The largest absolute Gasteiger partial charge is 0.488 e. The van der Waals surface area contributed by atoms with Gasteiger partial charge in [-0.05, 0) is 29.8 Å². The van der Waals surface area contributed by atoms with Crippen LogP contribution in [0, 0.1) is 0 Å². The van der Waals surface area contributed by atoms with Gasteiger partial charge in [-0.3, -0.25) is 0 Å². The summed E-state index contributed by atoms with van der Waals surface area (Å²) in [6, 6.07) is 15.5. The molecule has 0 atom stereocenters. The summed E-state index contributed by atoms with van der Waals surface area (Å²) in [5, 5.41) is 0.728. The first-order valence-corrected chi connectivity index (χ1v) is 6.66. The van der Waals surface area contributed by atoms with Gasteiger partial charge in [0.15, 0.2) is 0 Å². The van der Waals surface area contributed by atoms with Crippen molar-refractivity contribution in [3.05, 3.63) is 71.6 Å². The molecule has 1 aromatic heterocycles. The van der Waals surface area contributed by atoms with Crippen molar-refractivity contribution in [3.63, 3.8) is 0 Å². The fourth-order valence-electron chi connectivity index (χ4n) is 1.96. The molecule has 1 N–H and O–H groups in total. The summed E-state index contributed by atoms with van der Waals surface area (Å²) >= 11 is 5.87. The smallest absolute Gasteiger partial charge is 0.129 e. The lowest BCUT2D eigenvalue weighted by atomic mass is 10.1. The minimum atomic E-state index is 0.502. The molecule has 0 saturated heterocycles. The highest BCUT2D eigenvalue weighted by atomic mass is 35.5. The summed E-state index contributed by atoms with van der Waals surface area (Å²) in [4.78, 5) is 7.13. The Morgan fingerprint density at radius 3 is 2.60 bits per heavy atom. The van der Waals surface area contributed by atoms with Crippen LogP contribution in [0.1, 0.15) is 5.56 Å². The molecule has 0 aliphatic rings. The van der Waals surface area contributed by atoms with Crippen LogP contribution in [0.3, 0.4) is 0 Å². The molecule has 0 unspecified atom stereocenters. The van der Waals surface area contributed by atoms with Crippen molar-refractivity contribution >= 4 is 11.6 Å². The number of H-pyrrole nitrogens is 1. The number of hydrogen-bond donors (Lipinski definition) is 1. The third kappa shape index (κ3) is 2.83. The number of halogens is 1. The summed E-state index contributed by atoms with van der Waals surface area (Å²) in [7, 11) is 0. The number of nitrogens with one attached hydrogen (secondary N) is 1. The molecule has 2 aromatic carbocycles. The lowest BCUT2D eigenvalue weighted by Gasteiger charge is -2.10. The van der Waals surface area contributed by atoms with E-state index >= 15 is 0 Å². The van der Waals surface area contributed by atoms with Gasteiger partial charge in [0.25, 0.3) is 0 Å². The maximum Gasteiger partial charge on any atom is 0.129 e. The number of para-hydroxylation sites is 1. The molecule has 0 spiro atoms. The van der Waals surface area contributed by atoms with Gasteiger partial charge in [-0.2, -0.15) is 0 Å². The van der Waals surface area contributed by atoms with Crippen LogP contribution in [-0.4, -0.2) is 9.97 Å². The normalized spacial score (nSPS) is 10.4. The van der Waals surface area contributed by atoms with Gasteiger partial charge in [-0.15, -0.1) is 0 Å².